The molecule has 2 amide bonds. The average Bonchev–Trinajstić information content (AvgIpc) is 3.17. The van der Waals surface area contributed by atoms with Crippen molar-refractivity contribution < 1.29 is 14.3 Å². The lowest BCUT2D eigenvalue weighted by molar-refractivity contribution is -0.174. The summed E-state index contributed by atoms with van der Waals surface area (Å²) in [5.41, 5.74) is -0.00317. The van der Waals surface area contributed by atoms with E-state index in [2.05, 4.69) is 10.3 Å². The van der Waals surface area contributed by atoms with Crippen LogP contribution in [0.5, 0.6) is 0 Å². The van der Waals surface area contributed by atoms with Gasteiger partial charge in [-0.2, -0.15) is 0 Å². The summed E-state index contributed by atoms with van der Waals surface area (Å²) in [5.74, 6) is 1.11. The second-order valence-electron chi connectivity index (χ2n) is 8.46. The third kappa shape index (κ3) is 3.50. The van der Waals surface area contributed by atoms with Crippen molar-refractivity contribution in [2.75, 3.05) is 18.4 Å². The largest absolute Gasteiger partial charge is 0.352 e. The quantitative estimate of drug-likeness (QED) is 0.814. The number of carbonyl (C=O) groups excluding carboxylic acids is 2. The van der Waals surface area contributed by atoms with Crippen LogP contribution in [0.1, 0.15) is 37.9 Å². The van der Waals surface area contributed by atoms with Crippen LogP contribution in [0.25, 0.3) is 0 Å². The average molecular weight is 429 g/mol. The lowest BCUT2D eigenvalue weighted by atomic mass is 9.82. The van der Waals surface area contributed by atoms with E-state index in [0.717, 1.165) is 25.1 Å². The Hall–Kier alpha value is -2.38. The number of amides is 2. The molecule has 1 saturated heterocycles. The highest BCUT2D eigenvalue weighted by Crippen LogP contribution is 2.41. The molecule has 1 spiro atoms. The first kappa shape index (κ1) is 19.6. The van der Waals surface area contributed by atoms with Crippen LogP contribution in [-0.2, 0) is 26.5 Å². The molecule has 1 aliphatic carbocycles. The van der Waals surface area contributed by atoms with Crippen LogP contribution in [0, 0.1) is 5.92 Å². The third-order valence-electron chi connectivity index (χ3n) is 6.58. The van der Waals surface area contributed by atoms with Gasteiger partial charge in [0.2, 0.25) is 5.91 Å². The van der Waals surface area contributed by atoms with E-state index in [-0.39, 0.29) is 17.7 Å². The van der Waals surface area contributed by atoms with Gasteiger partial charge in [0.25, 0.3) is 5.91 Å². The molecule has 3 aliphatic rings. The maximum atomic E-state index is 13.0. The Balaban J connectivity index is 1.32. The Kier molecular flexibility index (Phi) is 5.03. The smallest absolute Gasteiger partial charge is 0.255 e. The molecule has 2 aromatic rings. The fourth-order valence-electron chi connectivity index (χ4n) is 4.67. The Morgan fingerprint density at radius 3 is 2.73 bits per heavy atom. The van der Waals surface area contributed by atoms with Crippen LogP contribution in [0.3, 0.4) is 0 Å². The van der Waals surface area contributed by atoms with E-state index in [1.165, 1.54) is 0 Å². The Morgan fingerprint density at radius 1 is 1.23 bits per heavy atom. The van der Waals surface area contributed by atoms with Crippen molar-refractivity contribution in [1.82, 2.24) is 14.5 Å². The van der Waals surface area contributed by atoms with Crippen LogP contribution in [0.2, 0.25) is 5.02 Å². The predicted octanol–water partition coefficient (Wildman–Crippen LogP) is 3.19. The number of anilines is 1. The molecule has 30 heavy (non-hydrogen) atoms. The number of ether oxygens (including phenoxy) is 1. The lowest BCUT2D eigenvalue weighted by Gasteiger charge is -2.46. The molecule has 2 aliphatic heterocycles. The zero-order valence-corrected chi connectivity index (χ0v) is 17.5. The lowest BCUT2D eigenvalue weighted by Crippen LogP contribution is -2.54. The summed E-state index contributed by atoms with van der Waals surface area (Å²) in [7, 11) is 0. The zero-order chi connectivity index (χ0) is 20.7. The molecule has 0 radical (unpaired) electrons. The monoisotopic (exact) mass is 428 g/mol. The van der Waals surface area contributed by atoms with Crippen molar-refractivity contribution in [1.29, 1.82) is 0 Å². The molecule has 0 bridgehead atoms. The Morgan fingerprint density at radius 2 is 2.03 bits per heavy atom. The maximum Gasteiger partial charge on any atom is 0.255 e. The number of halogens is 1. The van der Waals surface area contributed by atoms with Crippen molar-refractivity contribution >= 4 is 29.1 Å². The minimum absolute atomic E-state index is 0.199. The summed E-state index contributed by atoms with van der Waals surface area (Å²) < 4.78 is 8.44. The van der Waals surface area contributed by atoms with Crippen LogP contribution in [-0.4, -0.2) is 45.5 Å². The van der Waals surface area contributed by atoms with Gasteiger partial charge in [0.15, 0.2) is 6.10 Å². The molecule has 1 aromatic carbocycles. The third-order valence-corrected chi connectivity index (χ3v) is 6.81. The van der Waals surface area contributed by atoms with E-state index in [1.807, 2.05) is 15.7 Å². The number of hydrogen-bond acceptors (Lipinski definition) is 4. The topological polar surface area (TPSA) is 76.5 Å². The molecule has 1 N–H and O–H groups in total. The summed E-state index contributed by atoms with van der Waals surface area (Å²) in [6, 6.07) is 7.07. The van der Waals surface area contributed by atoms with E-state index in [0.29, 0.717) is 43.2 Å². The number of hydrogen-bond donors (Lipinski definition) is 1. The second-order valence-corrected chi connectivity index (χ2v) is 8.89. The van der Waals surface area contributed by atoms with E-state index in [4.69, 9.17) is 16.3 Å². The maximum absolute atomic E-state index is 13.0. The molecule has 7 nitrogen and oxygen atoms in total. The summed E-state index contributed by atoms with van der Waals surface area (Å²) in [6.45, 7) is 1.67. The van der Waals surface area contributed by atoms with E-state index >= 15 is 0 Å². The molecule has 8 heteroatoms. The number of benzene rings is 1. The predicted molar refractivity (Wildman–Crippen MR) is 112 cm³/mol. The van der Waals surface area contributed by atoms with Gasteiger partial charge in [-0.25, -0.2) is 4.98 Å². The fraction of sp³-hybridized carbons (Fsp3) is 0.500. The first-order valence-corrected chi connectivity index (χ1v) is 11.0. The zero-order valence-electron chi connectivity index (χ0n) is 16.7. The summed E-state index contributed by atoms with van der Waals surface area (Å²) in [4.78, 5) is 32.1. The molecule has 158 valence electrons. The number of fused-ring (bicyclic) bond motifs is 2. The number of likely N-dealkylation sites (tertiary alicyclic amines) is 1. The Labute approximate surface area is 180 Å². The van der Waals surface area contributed by atoms with Crippen molar-refractivity contribution in [2.24, 2.45) is 5.92 Å². The van der Waals surface area contributed by atoms with E-state index < -0.39 is 11.7 Å². The SMILES string of the molecule is O=C(Nc1cccc(Cl)c1)C1Cn2ccnc2C2(CCN(C(=O)C3CCC3)CC2)O1. The molecule has 1 atom stereocenters. The highest BCUT2D eigenvalue weighted by atomic mass is 35.5. The first-order valence-electron chi connectivity index (χ1n) is 10.6. The molecule has 5 rings (SSSR count). The minimum Gasteiger partial charge on any atom is -0.352 e. The van der Waals surface area contributed by atoms with Crippen molar-refractivity contribution in [2.45, 2.75) is 50.4 Å². The van der Waals surface area contributed by atoms with Gasteiger partial charge >= 0.3 is 0 Å². The Bertz CT molecular complexity index is 963. The van der Waals surface area contributed by atoms with Crippen LogP contribution < -0.4 is 5.32 Å². The minimum atomic E-state index is -0.644. The molecular weight excluding hydrogens is 404 g/mol. The highest BCUT2D eigenvalue weighted by molar-refractivity contribution is 6.30. The van der Waals surface area contributed by atoms with E-state index in [1.54, 1.807) is 30.5 Å². The van der Waals surface area contributed by atoms with Crippen molar-refractivity contribution in [3.8, 4) is 0 Å². The normalized spacial score (nSPS) is 23.0. The number of carbonyl (C=O) groups is 2. The number of rotatable bonds is 3. The number of piperidine rings is 1. The molecule has 1 aromatic heterocycles. The van der Waals surface area contributed by atoms with Crippen LogP contribution in [0.4, 0.5) is 5.69 Å². The molecule has 1 saturated carbocycles. The summed E-state index contributed by atoms with van der Waals surface area (Å²) >= 11 is 6.03. The fourth-order valence-corrected chi connectivity index (χ4v) is 4.86. The molecule has 2 fully saturated rings. The summed E-state index contributed by atoms with van der Waals surface area (Å²) in [5, 5.41) is 3.47. The molecular formula is C22H25ClN4O3. The van der Waals surface area contributed by atoms with Gasteiger partial charge in [-0.1, -0.05) is 24.1 Å². The highest BCUT2D eigenvalue weighted by Gasteiger charge is 2.48. The standard InChI is InChI=1S/C22H25ClN4O3/c23-16-5-2-6-17(13-16)25-19(28)18-14-27-12-9-24-21(27)22(30-18)7-10-26(11-8-22)20(29)15-3-1-4-15/h2,5-6,9,12-13,15,18H,1,3-4,7-8,10-11,14H2,(H,25,28). The number of imidazole rings is 1. The summed E-state index contributed by atoms with van der Waals surface area (Å²) in [6.07, 6.45) is 7.46. The van der Waals surface area contributed by atoms with Crippen molar-refractivity contribution in [3.05, 3.63) is 47.5 Å². The number of nitrogens with zero attached hydrogens (tertiary/aromatic N) is 3. The van der Waals surface area contributed by atoms with Crippen LogP contribution >= 0.6 is 11.6 Å². The van der Waals surface area contributed by atoms with Gasteiger partial charge in [0.1, 0.15) is 11.4 Å². The molecule has 3 heterocycles. The van der Waals surface area contributed by atoms with Crippen molar-refractivity contribution in [3.63, 3.8) is 0 Å². The van der Waals surface area contributed by atoms with Crippen LogP contribution in [0.15, 0.2) is 36.7 Å². The van der Waals surface area contributed by atoms with Gasteiger partial charge in [-0.3, -0.25) is 9.59 Å². The molecule has 1 unspecified atom stereocenters. The number of aromatic nitrogens is 2. The van der Waals surface area contributed by atoms with Gasteiger partial charge in [0.05, 0.1) is 6.54 Å². The van der Waals surface area contributed by atoms with Gasteiger partial charge in [-0.05, 0) is 31.0 Å². The van der Waals surface area contributed by atoms with Gasteiger partial charge in [0, 0.05) is 55.0 Å². The second kappa shape index (κ2) is 7.71. The van der Waals surface area contributed by atoms with Gasteiger partial charge < -0.3 is 19.5 Å². The first-order chi connectivity index (χ1) is 14.5. The number of nitrogens with one attached hydrogen (secondary N) is 1. The van der Waals surface area contributed by atoms with Gasteiger partial charge in [-0.15, -0.1) is 0 Å². The van der Waals surface area contributed by atoms with E-state index in [9.17, 15) is 9.59 Å².